The van der Waals surface area contributed by atoms with Crippen LogP contribution in [0.2, 0.25) is 0 Å². The number of piperazine rings is 1. The highest BCUT2D eigenvalue weighted by atomic mass is 16.4. The first-order valence-electron chi connectivity index (χ1n) is 11.0. The van der Waals surface area contributed by atoms with Gasteiger partial charge in [0.25, 0.3) is 11.9 Å². The first-order valence-corrected chi connectivity index (χ1v) is 11.0. The highest BCUT2D eigenvalue weighted by Crippen LogP contribution is 2.21. The van der Waals surface area contributed by atoms with E-state index >= 15 is 0 Å². The van der Waals surface area contributed by atoms with Gasteiger partial charge >= 0.3 is 0 Å². The van der Waals surface area contributed by atoms with Crippen LogP contribution in [0.1, 0.15) is 42.8 Å². The first-order chi connectivity index (χ1) is 14.7. The van der Waals surface area contributed by atoms with Crippen molar-refractivity contribution in [2.24, 2.45) is 0 Å². The van der Waals surface area contributed by atoms with Crippen LogP contribution in [-0.4, -0.2) is 59.5 Å². The van der Waals surface area contributed by atoms with Crippen LogP contribution in [0.5, 0.6) is 0 Å². The van der Waals surface area contributed by atoms with Gasteiger partial charge in [-0.3, -0.25) is 4.79 Å². The highest BCUT2D eigenvalue weighted by molar-refractivity contribution is 5.91. The lowest BCUT2D eigenvalue weighted by Gasteiger charge is -2.32. The van der Waals surface area contributed by atoms with Gasteiger partial charge in [0.2, 0.25) is 5.76 Å². The number of oxazole rings is 1. The molecule has 1 fully saturated rings. The molecule has 1 aromatic carbocycles. The van der Waals surface area contributed by atoms with Crippen molar-refractivity contribution in [3.8, 4) is 0 Å². The summed E-state index contributed by atoms with van der Waals surface area (Å²) < 4.78 is 5.82. The van der Waals surface area contributed by atoms with Crippen molar-refractivity contribution in [2.45, 2.75) is 39.2 Å². The summed E-state index contributed by atoms with van der Waals surface area (Å²) in [4.78, 5) is 25.0. The average Bonchev–Trinajstić information content (AvgIpc) is 3.42. The fourth-order valence-electron chi connectivity index (χ4n) is 4.17. The van der Waals surface area contributed by atoms with E-state index in [9.17, 15) is 4.79 Å². The Balaban J connectivity index is 1.40. The van der Waals surface area contributed by atoms with Gasteiger partial charge in [0.05, 0.1) is 6.20 Å². The molecule has 4 rings (SSSR count). The van der Waals surface area contributed by atoms with Crippen molar-refractivity contribution in [3.05, 3.63) is 48.0 Å². The second-order valence-corrected chi connectivity index (χ2v) is 7.95. The van der Waals surface area contributed by atoms with Crippen molar-refractivity contribution in [1.29, 1.82) is 0 Å². The van der Waals surface area contributed by atoms with E-state index in [1.807, 2.05) is 18.3 Å². The van der Waals surface area contributed by atoms with Crippen LogP contribution in [0.25, 0.3) is 10.9 Å². The predicted molar refractivity (Wildman–Crippen MR) is 119 cm³/mol. The Morgan fingerprint density at radius 1 is 1.23 bits per heavy atom. The SMILES string of the molecule is CCCC(Cc1c[nH]c2ccccc12)NC(=O)c1cnc(N2CCN(CC)CC2)o1. The lowest BCUT2D eigenvalue weighted by atomic mass is 10.0. The zero-order chi connectivity index (χ0) is 20.9. The number of carbonyl (C=O) groups excluding carboxylic acids is 1. The third-order valence-corrected chi connectivity index (χ3v) is 5.92. The lowest BCUT2D eigenvalue weighted by molar-refractivity contribution is 0.0907. The third kappa shape index (κ3) is 4.51. The molecule has 2 N–H and O–H groups in total. The number of para-hydroxylation sites is 1. The van der Waals surface area contributed by atoms with E-state index in [1.165, 1.54) is 10.9 Å². The molecule has 1 amide bonds. The van der Waals surface area contributed by atoms with Crippen LogP contribution in [0, 0.1) is 0 Å². The molecule has 0 spiro atoms. The molecule has 1 aliphatic rings. The Labute approximate surface area is 177 Å². The third-order valence-electron chi connectivity index (χ3n) is 5.92. The molecule has 0 bridgehead atoms. The second kappa shape index (κ2) is 9.34. The average molecular weight is 410 g/mol. The first kappa shape index (κ1) is 20.5. The minimum Gasteiger partial charge on any atom is -0.418 e. The number of fused-ring (bicyclic) bond motifs is 1. The minimum atomic E-state index is -0.195. The zero-order valence-corrected chi connectivity index (χ0v) is 17.9. The molecule has 3 aromatic rings. The normalized spacial score (nSPS) is 16.1. The molecule has 7 heteroatoms. The number of anilines is 1. The number of aromatic amines is 1. The van der Waals surface area contributed by atoms with Gasteiger partial charge < -0.3 is 24.5 Å². The minimum absolute atomic E-state index is 0.0448. The summed E-state index contributed by atoms with van der Waals surface area (Å²) in [6.07, 6.45) is 6.28. The van der Waals surface area contributed by atoms with Crippen LogP contribution < -0.4 is 10.2 Å². The molecule has 0 radical (unpaired) electrons. The topological polar surface area (TPSA) is 77.4 Å². The van der Waals surface area contributed by atoms with E-state index in [1.54, 1.807) is 6.20 Å². The van der Waals surface area contributed by atoms with E-state index in [0.717, 1.165) is 57.5 Å². The fraction of sp³-hybridized carbons (Fsp3) is 0.478. The number of hydrogen-bond acceptors (Lipinski definition) is 5. The summed E-state index contributed by atoms with van der Waals surface area (Å²) in [6.45, 7) is 9.08. The molecule has 160 valence electrons. The summed E-state index contributed by atoms with van der Waals surface area (Å²) in [5.41, 5.74) is 2.34. The Morgan fingerprint density at radius 3 is 2.80 bits per heavy atom. The maximum atomic E-state index is 12.8. The predicted octanol–water partition coefficient (Wildman–Crippen LogP) is 3.44. The Bertz CT molecular complexity index is 971. The van der Waals surface area contributed by atoms with E-state index in [0.29, 0.717) is 6.01 Å². The molecule has 1 aliphatic heterocycles. The molecule has 2 aromatic heterocycles. The second-order valence-electron chi connectivity index (χ2n) is 7.95. The van der Waals surface area contributed by atoms with Crippen LogP contribution >= 0.6 is 0 Å². The zero-order valence-electron chi connectivity index (χ0n) is 17.9. The van der Waals surface area contributed by atoms with Gasteiger partial charge in [-0.2, -0.15) is 0 Å². The van der Waals surface area contributed by atoms with Gasteiger partial charge in [0.15, 0.2) is 0 Å². The number of nitrogens with zero attached hydrogens (tertiary/aromatic N) is 3. The number of hydrogen-bond donors (Lipinski definition) is 2. The van der Waals surface area contributed by atoms with E-state index in [2.05, 4.69) is 51.1 Å². The van der Waals surface area contributed by atoms with Crippen molar-refractivity contribution in [2.75, 3.05) is 37.6 Å². The number of nitrogens with one attached hydrogen (secondary N) is 2. The molecule has 30 heavy (non-hydrogen) atoms. The summed E-state index contributed by atoms with van der Waals surface area (Å²) in [6, 6.07) is 8.85. The molecule has 1 unspecified atom stereocenters. The molecule has 3 heterocycles. The molecule has 1 saturated heterocycles. The molecule has 7 nitrogen and oxygen atoms in total. The number of H-pyrrole nitrogens is 1. The fourth-order valence-corrected chi connectivity index (χ4v) is 4.17. The Morgan fingerprint density at radius 2 is 2.03 bits per heavy atom. The molecular weight excluding hydrogens is 378 g/mol. The largest absolute Gasteiger partial charge is 0.418 e. The quantitative estimate of drug-likeness (QED) is 0.596. The van der Waals surface area contributed by atoms with Gasteiger partial charge in [-0.25, -0.2) is 4.98 Å². The number of carbonyl (C=O) groups is 1. The molecule has 0 saturated carbocycles. The van der Waals surface area contributed by atoms with Gasteiger partial charge in [0.1, 0.15) is 0 Å². The van der Waals surface area contributed by atoms with Crippen LogP contribution in [0.3, 0.4) is 0 Å². The van der Waals surface area contributed by atoms with Gasteiger partial charge in [0, 0.05) is 49.3 Å². The number of likely N-dealkylation sites (N-methyl/N-ethyl adjacent to an activating group) is 1. The Hall–Kier alpha value is -2.80. The summed E-state index contributed by atoms with van der Waals surface area (Å²) in [5, 5.41) is 4.37. The maximum absolute atomic E-state index is 12.8. The van der Waals surface area contributed by atoms with Gasteiger partial charge in [-0.05, 0) is 31.0 Å². The van der Waals surface area contributed by atoms with E-state index in [-0.39, 0.29) is 17.7 Å². The van der Waals surface area contributed by atoms with Crippen molar-refractivity contribution in [1.82, 2.24) is 20.2 Å². The van der Waals surface area contributed by atoms with Crippen LogP contribution in [-0.2, 0) is 6.42 Å². The Kier molecular flexibility index (Phi) is 6.38. The van der Waals surface area contributed by atoms with Crippen molar-refractivity contribution < 1.29 is 9.21 Å². The van der Waals surface area contributed by atoms with Crippen LogP contribution in [0.15, 0.2) is 41.1 Å². The summed E-state index contributed by atoms with van der Waals surface area (Å²) in [5.74, 6) is 0.0854. The van der Waals surface area contributed by atoms with Gasteiger partial charge in [-0.1, -0.05) is 38.5 Å². The van der Waals surface area contributed by atoms with Crippen molar-refractivity contribution >= 4 is 22.8 Å². The number of aromatic nitrogens is 2. The number of benzene rings is 1. The number of amides is 1. The summed E-state index contributed by atoms with van der Waals surface area (Å²) in [7, 11) is 0. The summed E-state index contributed by atoms with van der Waals surface area (Å²) >= 11 is 0. The molecular formula is C23H31N5O2. The number of rotatable bonds is 8. The van der Waals surface area contributed by atoms with Gasteiger partial charge in [-0.15, -0.1) is 0 Å². The van der Waals surface area contributed by atoms with E-state index < -0.39 is 0 Å². The lowest BCUT2D eigenvalue weighted by Crippen LogP contribution is -2.46. The molecule has 0 aliphatic carbocycles. The monoisotopic (exact) mass is 409 g/mol. The van der Waals surface area contributed by atoms with Crippen molar-refractivity contribution in [3.63, 3.8) is 0 Å². The smallest absolute Gasteiger partial charge is 0.298 e. The maximum Gasteiger partial charge on any atom is 0.298 e. The van der Waals surface area contributed by atoms with E-state index in [4.69, 9.17) is 4.42 Å². The molecule has 1 atom stereocenters. The standard InChI is InChI=1S/C23H31N5O2/c1-3-7-18(14-17-15-24-20-9-6-5-8-19(17)20)26-22(29)21-16-25-23(30-21)28-12-10-27(4-2)11-13-28/h5-6,8-9,15-16,18,24H,3-4,7,10-14H2,1-2H3,(H,26,29). The highest BCUT2D eigenvalue weighted by Gasteiger charge is 2.23. The van der Waals surface area contributed by atoms with Crippen LogP contribution in [0.4, 0.5) is 6.01 Å².